The van der Waals surface area contributed by atoms with Gasteiger partial charge in [-0.25, -0.2) is 4.79 Å². The molecule has 4 aliphatic carbocycles. The lowest BCUT2D eigenvalue weighted by Crippen LogP contribution is -2.58. The first-order valence-corrected chi connectivity index (χ1v) is 31.8. The van der Waals surface area contributed by atoms with Crippen LogP contribution in [-0.2, 0) is 38.2 Å². The number of carbonyl (C=O) groups excluding carboxylic acids is 6. The number of ketones is 3. The van der Waals surface area contributed by atoms with Gasteiger partial charge in [0.25, 0.3) is 0 Å². The molecule has 4 rings (SSSR count). The molecule has 0 aromatic heterocycles. The molecule has 76 heavy (non-hydrogen) atoms. The van der Waals surface area contributed by atoms with Crippen LogP contribution in [0.15, 0.2) is 11.6 Å². The van der Waals surface area contributed by atoms with Gasteiger partial charge < -0.3 is 24.0 Å². The van der Waals surface area contributed by atoms with E-state index in [2.05, 4.69) is 27.7 Å². The fraction of sp³-hybridized carbons (Fsp3) is 0.877. The lowest BCUT2D eigenvalue weighted by Gasteiger charge is -2.59. The molecule has 3 fully saturated rings. The van der Waals surface area contributed by atoms with Crippen molar-refractivity contribution in [1.29, 1.82) is 0 Å². The van der Waals surface area contributed by atoms with Gasteiger partial charge in [0.1, 0.15) is 12.4 Å². The average molecular weight is 1070 g/mol. The number of carbonyl (C=O) groups is 6. The van der Waals surface area contributed by atoms with Crippen LogP contribution in [0.5, 0.6) is 0 Å². The molecule has 7 atom stereocenters. The Morgan fingerprint density at radius 3 is 1.74 bits per heavy atom. The van der Waals surface area contributed by atoms with Crippen LogP contribution in [0, 0.1) is 28.6 Å². The van der Waals surface area contributed by atoms with Gasteiger partial charge in [0.2, 0.25) is 0 Å². The van der Waals surface area contributed by atoms with Crippen LogP contribution < -0.4 is 0 Å². The predicted molar refractivity (Wildman–Crippen MR) is 307 cm³/mol. The van der Waals surface area contributed by atoms with E-state index >= 15 is 0 Å². The van der Waals surface area contributed by atoms with Gasteiger partial charge in [0, 0.05) is 56.7 Å². The largest absolute Gasteiger partial charge is 0.466 e. The SMILES string of the molecule is CCCCCCCCCCCCOC(=O)CCCC(CCCC(=O)CCCCCCCCCCCC)N(CCCCCC(=O)OC1(C(C)=O)CCC2C3CCC4=CC(=O)CCC4(C)C3CCC21C)C(=O)OCCN(C)C. The summed E-state index contributed by atoms with van der Waals surface area (Å²) >= 11 is 0. The van der Waals surface area contributed by atoms with E-state index in [1.54, 1.807) is 6.92 Å². The zero-order valence-corrected chi connectivity index (χ0v) is 49.9. The van der Waals surface area contributed by atoms with Crippen LogP contribution in [0.4, 0.5) is 4.79 Å². The number of ether oxygens (including phenoxy) is 3. The summed E-state index contributed by atoms with van der Waals surface area (Å²) in [5, 5.41) is 0. The number of nitrogens with zero attached hydrogens (tertiary/aromatic N) is 2. The van der Waals surface area contributed by atoms with Crippen LogP contribution in [0.3, 0.4) is 0 Å². The van der Waals surface area contributed by atoms with Crippen molar-refractivity contribution in [2.24, 2.45) is 28.6 Å². The van der Waals surface area contributed by atoms with E-state index in [-0.39, 0.29) is 72.2 Å². The smallest absolute Gasteiger partial charge is 0.410 e. The van der Waals surface area contributed by atoms with E-state index in [0.29, 0.717) is 102 Å². The molecule has 0 aromatic rings. The van der Waals surface area contributed by atoms with Crippen molar-refractivity contribution in [3.05, 3.63) is 11.6 Å². The molecule has 0 N–H and O–H groups in total. The van der Waals surface area contributed by atoms with Gasteiger partial charge in [0.15, 0.2) is 17.2 Å². The van der Waals surface area contributed by atoms with E-state index in [0.717, 1.165) is 64.2 Å². The average Bonchev–Trinajstić information content (AvgIpc) is 3.71. The molecular weight excluding hydrogens is 953 g/mol. The number of esters is 2. The molecule has 0 aromatic carbocycles. The summed E-state index contributed by atoms with van der Waals surface area (Å²) in [6.07, 6.45) is 38.7. The number of hydrogen-bond donors (Lipinski definition) is 0. The minimum absolute atomic E-state index is 0.0274. The highest BCUT2D eigenvalue weighted by Gasteiger charge is 2.68. The Bertz CT molecular complexity index is 1780. The monoisotopic (exact) mass is 1060 g/mol. The maximum Gasteiger partial charge on any atom is 0.410 e. The standard InChI is InChI=1S/C65H112N2O9/c1-8-10-12-14-16-18-20-22-24-27-35-55(69)36-31-33-54(34-32-38-60(71)74-49-30-25-23-21-19-17-15-13-11-9-2)67(62(73)75-50-48-66(6)7)47-29-26-28-37-61(72)76-65(52(3)68)46-43-59-57-40-39-53-51-56(70)41-44-63(53,4)58(57)42-45-64(59,65)5/h51,54,57-59H,8-50H2,1-7H3. The third-order valence-electron chi connectivity index (χ3n) is 19.1. The van der Waals surface area contributed by atoms with Crippen LogP contribution in [-0.4, -0.2) is 97.2 Å². The van der Waals surface area contributed by atoms with Crippen LogP contribution in [0.25, 0.3) is 0 Å². The van der Waals surface area contributed by atoms with Gasteiger partial charge in [0.05, 0.1) is 6.61 Å². The Balaban J connectivity index is 1.31. The Kier molecular flexibility index (Phi) is 30.6. The summed E-state index contributed by atoms with van der Waals surface area (Å²) in [6.45, 7) is 12.4. The first-order chi connectivity index (χ1) is 36.6. The number of amides is 1. The molecule has 0 heterocycles. The second-order valence-corrected chi connectivity index (χ2v) is 25.1. The summed E-state index contributed by atoms with van der Waals surface area (Å²) in [5.74, 6) is 1.16. The van der Waals surface area contributed by atoms with Gasteiger partial charge >= 0.3 is 18.0 Å². The van der Waals surface area contributed by atoms with Gasteiger partial charge in [-0.15, -0.1) is 0 Å². The van der Waals surface area contributed by atoms with Crippen LogP contribution in [0.2, 0.25) is 0 Å². The van der Waals surface area contributed by atoms with Gasteiger partial charge in [-0.05, 0) is 147 Å². The highest BCUT2D eigenvalue weighted by atomic mass is 16.6. The first kappa shape index (κ1) is 65.4. The maximum atomic E-state index is 14.0. The minimum atomic E-state index is -1.13. The van der Waals surface area contributed by atoms with Crippen molar-refractivity contribution < 1.29 is 43.0 Å². The van der Waals surface area contributed by atoms with E-state index in [4.69, 9.17) is 14.2 Å². The maximum absolute atomic E-state index is 14.0. The highest BCUT2D eigenvalue weighted by molar-refractivity contribution is 5.92. The Hall–Kier alpha value is -3.08. The van der Waals surface area contributed by atoms with Crippen molar-refractivity contribution in [2.75, 3.05) is 40.4 Å². The Morgan fingerprint density at radius 1 is 0.579 bits per heavy atom. The van der Waals surface area contributed by atoms with Crippen LogP contribution >= 0.6 is 0 Å². The molecule has 1 amide bonds. The lowest BCUT2D eigenvalue weighted by molar-refractivity contribution is -0.189. The molecule has 0 radical (unpaired) electrons. The zero-order valence-electron chi connectivity index (χ0n) is 49.9. The topological polar surface area (TPSA) is 137 Å². The van der Waals surface area contributed by atoms with Gasteiger partial charge in [-0.2, -0.15) is 0 Å². The molecule has 0 bridgehead atoms. The molecule has 0 aliphatic heterocycles. The van der Waals surface area contributed by atoms with E-state index in [9.17, 15) is 28.8 Å². The molecule has 11 heteroatoms. The Morgan fingerprint density at radius 2 is 1.12 bits per heavy atom. The van der Waals surface area contributed by atoms with E-state index in [1.165, 1.54) is 108 Å². The highest BCUT2D eigenvalue weighted by Crippen LogP contribution is 2.68. The van der Waals surface area contributed by atoms with E-state index in [1.807, 2.05) is 30.0 Å². The summed E-state index contributed by atoms with van der Waals surface area (Å²) in [7, 11) is 3.89. The van der Waals surface area contributed by atoms with Gasteiger partial charge in [-0.1, -0.05) is 155 Å². The summed E-state index contributed by atoms with van der Waals surface area (Å²) in [4.78, 5) is 84.0. The summed E-state index contributed by atoms with van der Waals surface area (Å²) < 4.78 is 18.0. The number of allylic oxidation sites excluding steroid dienone is 1. The van der Waals surface area contributed by atoms with Crippen molar-refractivity contribution in [1.82, 2.24) is 9.80 Å². The van der Waals surface area contributed by atoms with Crippen LogP contribution in [0.1, 0.15) is 285 Å². The quantitative estimate of drug-likeness (QED) is 0.0330. The fourth-order valence-corrected chi connectivity index (χ4v) is 14.4. The molecular formula is C65H112N2O9. The summed E-state index contributed by atoms with van der Waals surface area (Å²) in [6, 6.07) is -0.215. The predicted octanol–water partition coefficient (Wildman–Crippen LogP) is 16.0. The lowest BCUT2D eigenvalue weighted by atomic mass is 9.46. The number of hydrogen-bond acceptors (Lipinski definition) is 10. The number of rotatable bonds is 42. The number of likely N-dealkylation sites (N-methyl/N-ethyl adjacent to an activating group) is 1. The zero-order chi connectivity index (χ0) is 55.2. The van der Waals surface area contributed by atoms with E-state index < -0.39 is 11.0 Å². The molecule has 3 saturated carbocycles. The van der Waals surface area contributed by atoms with Crippen molar-refractivity contribution in [3.8, 4) is 0 Å². The molecule has 436 valence electrons. The number of unbranched alkanes of at least 4 members (excludes halogenated alkanes) is 20. The van der Waals surface area contributed by atoms with Gasteiger partial charge in [-0.3, -0.25) is 24.0 Å². The third kappa shape index (κ3) is 20.9. The molecule has 11 nitrogen and oxygen atoms in total. The summed E-state index contributed by atoms with van der Waals surface area (Å²) in [5.41, 5.74) is -0.210. The number of fused-ring (bicyclic) bond motifs is 5. The molecule has 0 spiro atoms. The molecule has 4 aliphatic rings. The van der Waals surface area contributed by atoms with Crippen molar-refractivity contribution >= 4 is 35.4 Å². The number of Topliss-reactive ketones (excluding diaryl/α,β-unsaturated/α-hetero) is 2. The van der Waals surface area contributed by atoms with Crippen molar-refractivity contribution in [2.45, 2.75) is 297 Å². The third-order valence-corrected chi connectivity index (χ3v) is 19.1. The molecule has 7 unspecified atom stereocenters. The molecule has 0 saturated heterocycles. The second kappa shape index (κ2) is 35.5. The first-order valence-electron chi connectivity index (χ1n) is 31.8. The normalized spacial score (nSPS) is 24.3. The second-order valence-electron chi connectivity index (χ2n) is 25.1. The Labute approximate surface area is 463 Å². The minimum Gasteiger partial charge on any atom is -0.466 e. The fourth-order valence-electron chi connectivity index (χ4n) is 14.4. The van der Waals surface area contributed by atoms with Crippen molar-refractivity contribution in [3.63, 3.8) is 0 Å².